The van der Waals surface area contributed by atoms with Crippen molar-refractivity contribution in [1.82, 2.24) is 0 Å². The Hall–Kier alpha value is -1.51. The fourth-order valence-corrected chi connectivity index (χ4v) is 1.52. The fraction of sp³-hybridized carbons (Fsp3) is 0.417. The Bertz CT molecular complexity index is 356. The lowest BCUT2D eigenvalue weighted by atomic mass is 9.97. The average Bonchev–Trinajstić information content (AvgIpc) is 2.16. The molecule has 0 spiro atoms. The van der Waals surface area contributed by atoms with Gasteiger partial charge in [0, 0.05) is 12.5 Å². The maximum atomic E-state index is 10.2. The van der Waals surface area contributed by atoms with Crippen LogP contribution >= 0.6 is 0 Å². The number of phenolic OH excluding ortho intramolecular Hbond substituents is 2. The third-order valence-corrected chi connectivity index (χ3v) is 2.38. The van der Waals surface area contributed by atoms with Crippen LogP contribution in [0.25, 0.3) is 0 Å². The van der Waals surface area contributed by atoms with Gasteiger partial charge in [0.1, 0.15) is 17.8 Å². The first-order valence-electron chi connectivity index (χ1n) is 5.04. The molecule has 0 amide bonds. The molecule has 1 rings (SSSR count). The van der Waals surface area contributed by atoms with Crippen molar-refractivity contribution in [3.05, 3.63) is 23.3 Å². The summed E-state index contributed by atoms with van der Waals surface area (Å²) in [5.74, 6) is 0.358. The van der Waals surface area contributed by atoms with Gasteiger partial charge in [-0.1, -0.05) is 13.8 Å². The maximum absolute atomic E-state index is 10.2. The molecule has 0 saturated carbocycles. The van der Waals surface area contributed by atoms with E-state index in [0.717, 1.165) is 11.8 Å². The quantitative estimate of drug-likeness (QED) is 0.747. The summed E-state index contributed by atoms with van der Waals surface area (Å²) in [4.78, 5) is 10.2. The molecule has 0 fully saturated rings. The minimum absolute atomic E-state index is 0.0544. The second-order valence-corrected chi connectivity index (χ2v) is 3.90. The summed E-state index contributed by atoms with van der Waals surface area (Å²) in [6.07, 6.45) is 1.71. The van der Waals surface area contributed by atoms with Crippen LogP contribution in [0.4, 0.5) is 0 Å². The van der Waals surface area contributed by atoms with E-state index in [1.165, 1.54) is 6.07 Å². The number of carbonyl (C=O) groups excluding carboxylic acids is 1. The van der Waals surface area contributed by atoms with Crippen molar-refractivity contribution >= 4 is 6.29 Å². The first kappa shape index (κ1) is 11.6. The third-order valence-electron chi connectivity index (χ3n) is 2.38. The van der Waals surface area contributed by atoms with E-state index in [9.17, 15) is 15.0 Å². The van der Waals surface area contributed by atoms with Crippen LogP contribution in [0.3, 0.4) is 0 Å². The fourth-order valence-electron chi connectivity index (χ4n) is 1.52. The molecule has 0 bridgehead atoms. The lowest BCUT2D eigenvalue weighted by molar-refractivity contribution is -0.107. The molecule has 0 aliphatic heterocycles. The Morgan fingerprint density at radius 2 is 1.93 bits per heavy atom. The molecule has 0 unspecified atom stereocenters. The molecule has 2 N–H and O–H groups in total. The summed E-state index contributed by atoms with van der Waals surface area (Å²) >= 11 is 0. The van der Waals surface area contributed by atoms with Gasteiger partial charge in [0.05, 0.1) is 0 Å². The highest BCUT2D eigenvalue weighted by Crippen LogP contribution is 2.32. The van der Waals surface area contributed by atoms with Gasteiger partial charge in [0.2, 0.25) is 0 Å². The minimum Gasteiger partial charge on any atom is -0.508 e. The largest absolute Gasteiger partial charge is 0.508 e. The number of carbonyl (C=O) groups is 1. The Morgan fingerprint density at radius 3 is 2.47 bits per heavy atom. The molecule has 1 aromatic rings. The van der Waals surface area contributed by atoms with E-state index in [4.69, 9.17) is 0 Å². The topological polar surface area (TPSA) is 57.5 Å². The van der Waals surface area contributed by atoms with Crippen molar-refractivity contribution in [1.29, 1.82) is 0 Å². The van der Waals surface area contributed by atoms with Crippen LogP contribution in [0, 0.1) is 0 Å². The lowest BCUT2D eigenvalue weighted by Crippen LogP contribution is -1.93. The molecule has 82 valence electrons. The smallest absolute Gasteiger partial charge is 0.122 e. The van der Waals surface area contributed by atoms with E-state index in [-0.39, 0.29) is 17.4 Å². The Balaban J connectivity index is 3.05. The number of phenols is 2. The number of benzene rings is 1. The van der Waals surface area contributed by atoms with Gasteiger partial charge in [-0.05, 0) is 29.5 Å². The zero-order valence-corrected chi connectivity index (χ0v) is 9.03. The predicted octanol–water partition coefficient (Wildman–Crippen LogP) is 2.35. The van der Waals surface area contributed by atoms with Gasteiger partial charge in [0.15, 0.2) is 0 Å². The van der Waals surface area contributed by atoms with E-state index >= 15 is 0 Å². The normalized spacial score (nSPS) is 10.6. The van der Waals surface area contributed by atoms with Crippen molar-refractivity contribution in [2.75, 3.05) is 0 Å². The zero-order chi connectivity index (χ0) is 11.4. The molecule has 15 heavy (non-hydrogen) atoms. The van der Waals surface area contributed by atoms with Crippen molar-refractivity contribution in [3.63, 3.8) is 0 Å². The standard InChI is InChI=1S/C12H16O3/c1-8(2)10-6-9(4-3-5-13)11(14)7-12(10)15/h5-8,14-15H,3-4H2,1-2H3. The minimum atomic E-state index is 0.0544. The highest BCUT2D eigenvalue weighted by atomic mass is 16.3. The zero-order valence-electron chi connectivity index (χ0n) is 9.03. The second kappa shape index (κ2) is 4.82. The van der Waals surface area contributed by atoms with Crippen molar-refractivity contribution < 1.29 is 15.0 Å². The predicted molar refractivity (Wildman–Crippen MR) is 58.2 cm³/mol. The number of aryl methyl sites for hydroxylation is 1. The summed E-state index contributed by atoms with van der Waals surface area (Å²) in [6.45, 7) is 3.94. The van der Waals surface area contributed by atoms with E-state index in [1.807, 2.05) is 13.8 Å². The van der Waals surface area contributed by atoms with Gasteiger partial charge in [-0.2, -0.15) is 0 Å². The highest BCUT2D eigenvalue weighted by molar-refractivity contribution is 5.52. The number of hydrogen-bond donors (Lipinski definition) is 2. The van der Waals surface area contributed by atoms with E-state index < -0.39 is 0 Å². The van der Waals surface area contributed by atoms with Gasteiger partial charge in [-0.3, -0.25) is 0 Å². The molecule has 1 aromatic carbocycles. The van der Waals surface area contributed by atoms with Crippen molar-refractivity contribution in [3.8, 4) is 11.5 Å². The summed E-state index contributed by atoms with van der Waals surface area (Å²) in [5, 5.41) is 19.1. The van der Waals surface area contributed by atoms with Gasteiger partial charge in [-0.15, -0.1) is 0 Å². The second-order valence-electron chi connectivity index (χ2n) is 3.90. The molecular formula is C12H16O3. The van der Waals surface area contributed by atoms with Crippen LogP contribution in [0.2, 0.25) is 0 Å². The monoisotopic (exact) mass is 208 g/mol. The summed E-state index contributed by atoms with van der Waals surface area (Å²) < 4.78 is 0. The van der Waals surface area contributed by atoms with E-state index in [1.54, 1.807) is 6.07 Å². The molecule has 0 aliphatic carbocycles. The Morgan fingerprint density at radius 1 is 1.27 bits per heavy atom. The van der Waals surface area contributed by atoms with E-state index in [2.05, 4.69) is 0 Å². The van der Waals surface area contributed by atoms with E-state index in [0.29, 0.717) is 18.4 Å². The molecular weight excluding hydrogens is 192 g/mol. The number of aldehydes is 1. The summed E-state index contributed by atoms with van der Waals surface area (Å²) in [6, 6.07) is 3.11. The molecule has 0 heterocycles. The number of hydrogen-bond acceptors (Lipinski definition) is 3. The molecule has 0 atom stereocenters. The average molecular weight is 208 g/mol. The van der Waals surface area contributed by atoms with Crippen LogP contribution in [0.1, 0.15) is 37.3 Å². The number of aromatic hydroxyl groups is 2. The third kappa shape index (κ3) is 2.72. The molecule has 0 aliphatic rings. The first-order valence-corrected chi connectivity index (χ1v) is 5.04. The van der Waals surface area contributed by atoms with Crippen LogP contribution in [0.5, 0.6) is 11.5 Å². The first-order chi connectivity index (χ1) is 7.06. The van der Waals surface area contributed by atoms with Crippen LogP contribution < -0.4 is 0 Å². The van der Waals surface area contributed by atoms with Crippen molar-refractivity contribution in [2.45, 2.75) is 32.6 Å². The summed E-state index contributed by atoms with van der Waals surface area (Å²) in [5.41, 5.74) is 1.51. The van der Waals surface area contributed by atoms with Gasteiger partial charge in [-0.25, -0.2) is 0 Å². The molecule has 0 aromatic heterocycles. The molecule has 3 nitrogen and oxygen atoms in total. The van der Waals surface area contributed by atoms with Gasteiger partial charge < -0.3 is 15.0 Å². The number of rotatable bonds is 4. The molecule has 3 heteroatoms. The highest BCUT2D eigenvalue weighted by Gasteiger charge is 2.10. The van der Waals surface area contributed by atoms with Crippen LogP contribution in [-0.4, -0.2) is 16.5 Å². The Kier molecular flexibility index (Phi) is 3.72. The molecule has 0 radical (unpaired) electrons. The maximum Gasteiger partial charge on any atom is 0.122 e. The van der Waals surface area contributed by atoms with Gasteiger partial charge in [0.25, 0.3) is 0 Å². The lowest BCUT2D eigenvalue weighted by Gasteiger charge is -2.11. The van der Waals surface area contributed by atoms with Crippen molar-refractivity contribution in [2.24, 2.45) is 0 Å². The molecule has 0 saturated heterocycles. The van der Waals surface area contributed by atoms with Crippen LogP contribution in [0.15, 0.2) is 12.1 Å². The van der Waals surface area contributed by atoms with Crippen LogP contribution in [-0.2, 0) is 11.2 Å². The Labute approximate surface area is 89.4 Å². The summed E-state index contributed by atoms with van der Waals surface area (Å²) in [7, 11) is 0. The SMILES string of the molecule is CC(C)c1cc(CCC=O)c(O)cc1O. The van der Waals surface area contributed by atoms with Gasteiger partial charge >= 0.3 is 0 Å².